The van der Waals surface area contributed by atoms with Crippen LogP contribution in [0.1, 0.15) is 19.4 Å². The molecule has 0 saturated heterocycles. The second-order valence-electron chi connectivity index (χ2n) is 4.55. The van der Waals surface area contributed by atoms with E-state index < -0.39 is 10.8 Å². The van der Waals surface area contributed by atoms with E-state index in [1.165, 1.54) is 0 Å². The molecule has 1 rings (SSSR count). The highest BCUT2D eigenvalue weighted by molar-refractivity contribution is 7.84. The van der Waals surface area contributed by atoms with E-state index in [2.05, 4.69) is 5.32 Å². The molecule has 0 heterocycles. The first-order valence-corrected chi connectivity index (χ1v) is 7.70. The second-order valence-corrected chi connectivity index (χ2v) is 6.45. The van der Waals surface area contributed by atoms with E-state index in [0.29, 0.717) is 23.2 Å². The molecule has 1 aromatic carbocycles. The van der Waals surface area contributed by atoms with Crippen molar-refractivity contribution in [2.75, 3.05) is 12.3 Å². The summed E-state index contributed by atoms with van der Waals surface area (Å²) >= 11 is 5.76. The third-order valence-corrected chi connectivity index (χ3v) is 3.73. The van der Waals surface area contributed by atoms with Crippen LogP contribution in [0, 0.1) is 5.92 Å². The summed E-state index contributed by atoms with van der Waals surface area (Å²) in [4.78, 5) is 11.5. The Kier molecular flexibility index (Phi) is 6.36. The molecule has 3 nitrogen and oxygen atoms in total. The molecule has 1 aromatic rings. The standard InChI is InChI=1S/C13H18ClNO2S/c1-10(2)7-15-13(16)9-18(17)8-11-3-5-12(14)6-4-11/h3-6,10H,7-9H2,1-2H3,(H,15,16). The molecule has 100 valence electrons. The summed E-state index contributed by atoms with van der Waals surface area (Å²) < 4.78 is 11.8. The van der Waals surface area contributed by atoms with Crippen LogP contribution in [0.5, 0.6) is 0 Å². The van der Waals surface area contributed by atoms with Gasteiger partial charge in [-0.15, -0.1) is 0 Å². The van der Waals surface area contributed by atoms with Gasteiger partial charge in [-0.25, -0.2) is 0 Å². The second kappa shape index (κ2) is 7.54. The van der Waals surface area contributed by atoms with Crippen LogP contribution >= 0.6 is 11.6 Å². The summed E-state index contributed by atoms with van der Waals surface area (Å²) in [5.74, 6) is 0.677. The number of carbonyl (C=O) groups is 1. The molecule has 0 aromatic heterocycles. The Morgan fingerprint density at radius 2 is 1.94 bits per heavy atom. The Balaban J connectivity index is 2.37. The normalized spacial score (nSPS) is 12.4. The Morgan fingerprint density at radius 3 is 2.50 bits per heavy atom. The zero-order chi connectivity index (χ0) is 13.5. The minimum atomic E-state index is -1.18. The molecule has 0 bridgehead atoms. The van der Waals surface area contributed by atoms with Crippen molar-refractivity contribution in [3.05, 3.63) is 34.9 Å². The Labute approximate surface area is 115 Å². The fourth-order valence-corrected chi connectivity index (χ4v) is 2.52. The van der Waals surface area contributed by atoms with Gasteiger partial charge in [-0.1, -0.05) is 37.6 Å². The number of amides is 1. The molecule has 5 heteroatoms. The van der Waals surface area contributed by atoms with E-state index in [9.17, 15) is 9.00 Å². The SMILES string of the molecule is CC(C)CNC(=O)CS(=O)Cc1ccc(Cl)cc1. The van der Waals surface area contributed by atoms with E-state index >= 15 is 0 Å². The zero-order valence-corrected chi connectivity index (χ0v) is 12.2. The lowest BCUT2D eigenvalue weighted by atomic mass is 10.2. The van der Waals surface area contributed by atoms with Crippen LogP contribution in [-0.4, -0.2) is 22.4 Å². The van der Waals surface area contributed by atoms with Crippen LogP contribution in [-0.2, 0) is 21.3 Å². The fraction of sp³-hybridized carbons (Fsp3) is 0.462. The number of rotatable bonds is 6. The summed E-state index contributed by atoms with van der Waals surface area (Å²) in [5, 5.41) is 3.41. The lowest BCUT2D eigenvalue weighted by Gasteiger charge is -2.07. The highest BCUT2D eigenvalue weighted by Gasteiger charge is 2.09. The Hall–Kier alpha value is -0.870. The number of carbonyl (C=O) groups excluding carboxylic acids is 1. The summed E-state index contributed by atoms with van der Waals surface area (Å²) in [6, 6.07) is 7.17. The van der Waals surface area contributed by atoms with Gasteiger partial charge in [0.15, 0.2) is 0 Å². The van der Waals surface area contributed by atoms with Crippen LogP contribution in [0.15, 0.2) is 24.3 Å². The van der Waals surface area contributed by atoms with Crippen LogP contribution in [0.3, 0.4) is 0 Å². The van der Waals surface area contributed by atoms with E-state index in [4.69, 9.17) is 11.6 Å². The minimum Gasteiger partial charge on any atom is -0.355 e. The van der Waals surface area contributed by atoms with E-state index in [0.717, 1.165) is 5.56 Å². The minimum absolute atomic E-state index is 0.0509. The number of hydrogen-bond acceptors (Lipinski definition) is 2. The van der Waals surface area contributed by atoms with Crippen molar-refractivity contribution < 1.29 is 9.00 Å². The van der Waals surface area contributed by atoms with Gasteiger partial charge >= 0.3 is 0 Å². The predicted octanol–water partition coefficient (Wildman–Crippen LogP) is 2.36. The highest BCUT2D eigenvalue weighted by atomic mass is 35.5. The van der Waals surface area contributed by atoms with Crippen molar-refractivity contribution in [1.29, 1.82) is 0 Å². The van der Waals surface area contributed by atoms with E-state index in [1.807, 2.05) is 26.0 Å². The molecule has 0 spiro atoms. The summed E-state index contributed by atoms with van der Waals surface area (Å²) in [6.45, 7) is 4.66. The molecule has 0 saturated carbocycles. The molecular formula is C13H18ClNO2S. The highest BCUT2D eigenvalue weighted by Crippen LogP contribution is 2.11. The molecule has 0 aliphatic carbocycles. The van der Waals surface area contributed by atoms with Gasteiger partial charge in [0, 0.05) is 28.1 Å². The van der Waals surface area contributed by atoms with Crippen molar-refractivity contribution in [3.8, 4) is 0 Å². The number of halogens is 1. The summed E-state index contributed by atoms with van der Waals surface area (Å²) in [6.07, 6.45) is 0. The van der Waals surface area contributed by atoms with Crippen LogP contribution in [0.4, 0.5) is 0 Å². The molecule has 1 atom stereocenters. The maximum atomic E-state index is 11.8. The quantitative estimate of drug-likeness (QED) is 0.873. The molecule has 1 N–H and O–H groups in total. The van der Waals surface area contributed by atoms with Crippen molar-refractivity contribution >= 4 is 28.3 Å². The van der Waals surface area contributed by atoms with Gasteiger partial charge < -0.3 is 5.32 Å². The fourth-order valence-electron chi connectivity index (χ4n) is 1.33. The average molecular weight is 288 g/mol. The Bertz CT molecular complexity index is 418. The van der Waals surface area contributed by atoms with Gasteiger partial charge in [0.25, 0.3) is 0 Å². The van der Waals surface area contributed by atoms with Gasteiger partial charge in [-0.2, -0.15) is 0 Å². The average Bonchev–Trinajstić information content (AvgIpc) is 2.29. The first-order valence-electron chi connectivity index (χ1n) is 5.83. The molecule has 18 heavy (non-hydrogen) atoms. The van der Waals surface area contributed by atoms with Crippen LogP contribution in [0.2, 0.25) is 5.02 Å². The third-order valence-electron chi connectivity index (χ3n) is 2.24. The van der Waals surface area contributed by atoms with Gasteiger partial charge in [0.05, 0.1) is 0 Å². The molecular weight excluding hydrogens is 270 g/mol. The molecule has 1 amide bonds. The van der Waals surface area contributed by atoms with Crippen molar-refractivity contribution in [2.45, 2.75) is 19.6 Å². The van der Waals surface area contributed by atoms with E-state index in [-0.39, 0.29) is 11.7 Å². The molecule has 0 aliphatic rings. The van der Waals surface area contributed by atoms with E-state index in [1.54, 1.807) is 12.1 Å². The van der Waals surface area contributed by atoms with Gasteiger partial charge in [-0.05, 0) is 23.6 Å². The zero-order valence-electron chi connectivity index (χ0n) is 10.6. The number of hydrogen-bond donors (Lipinski definition) is 1. The van der Waals surface area contributed by atoms with Gasteiger partial charge in [-0.3, -0.25) is 9.00 Å². The van der Waals surface area contributed by atoms with Crippen molar-refractivity contribution in [1.82, 2.24) is 5.32 Å². The van der Waals surface area contributed by atoms with Gasteiger partial charge in [0.2, 0.25) is 5.91 Å². The largest absolute Gasteiger partial charge is 0.355 e. The maximum Gasteiger partial charge on any atom is 0.232 e. The summed E-state index contributed by atoms with van der Waals surface area (Å²) in [5.41, 5.74) is 0.925. The van der Waals surface area contributed by atoms with Crippen molar-refractivity contribution in [3.63, 3.8) is 0 Å². The van der Waals surface area contributed by atoms with Gasteiger partial charge in [0.1, 0.15) is 5.75 Å². The lowest BCUT2D eigenvalue weighted by molar-refractivity contribution is -0.118. The Morgan fingerprint density at radius 1 is 1.33 bits per heavy atom. The first kappa shape index (κ1) is 15.2. The first-order chi connectivity index (χ1) is 8.47. The predicted molar refractivity (Wildman–Crippen MR) is 76.0 cm³/mol. The number of nitrogens with one attached hydrogen (secondary N) is 1. The lowest BCUT2D eigenvalue weighted by Crippen LogP contribution is -2.31. The smallest absolute Gasteiger partial charge is 0.232 e. The maximum absolute atomic E-state index is 11.8. The van der Waals surface area contributed by atoms with Crippen molar-refractivity contribution in [2.24, 2.45) is 5.92 Å². The molecule has 0 radical (unpaired) electrons. The molecule has 0 aliphatic heterocycles. The molecule has 1 unspecified atom stereocenters. The monoisotopic (exact) mass is 287 g/mol. The third kappa shape index (κ3) is 6.17. The summed E-state index contributed by atoms with van der Waals surface area (Å²) in [7, 11) is -1.18. The number of benzene rings is 1. The van der Waals surface area contributed by atoms with Crippen LogP contribution in [0.25, 0.3) is 0 Å². The molecule has 0 fully saturated rings. The van der Waals surface area contributed by atoms with Crippen LogP contribution < -0.4 is 5.32 Å². The topological polar surface area (TPSA) is 46.2 Å².